The number of aldehydes is 2. The Morgan fingerprint density at radius 3 is 2.64 bits per heavy atom. The molecule has 0 aliphatic heterocycles. The average molecular weight is 211 g/mol. The maximum Gasteiger partial charge on any atom is 0.150 e. The minimum absolute atomic E-state index is 0.182. The van der Waals surface area contributed by atoms with Crippen molar-refractivity contribution < 1.29 is 9.59 Å². The third kappa shape index (κ3) is 2.20. The van der Waals surface area contributed by atoms with E-state index < -0.39 is 0 Å². The first-order valence-electron chi connectivity index (χ1n) is 4.32. The highest BCUT2D eigenvalue weighted by molar-refractivity contribution is 6.17. The summed E-state index contributed by atoms with van der Waals surface area (Å²) >= 11 is 5.65. The zero-order valence-electron chi connectivity index (χ0n) is 7.87. The molecule has 0 amide bonds. The third-order valence-corrected chi connectivity index (χ3v) is 2.46. The van der Waals surface area contributed by atoms with Crippen molar-refractivity contribution in [3.63, 3.8) is 0 Å². The van der Waals surface area contributed by atoms with E-state index in [1.54, 1.807) is 19.1 Å². The first kappa shape index (κ1) is 10.9. The van der Waals surface area contributed by atoms with Gasteiger partial charge in [-0.1, -0.05) is 19.1 Å². The number of hydrogen-bond acceptors (Lipinski definition) is 2. The van der Waals surface area contributed by atoms with Crippen LogP contribution in [-0.4, -0.2) is 12.6 Å². The molecule has 14 heavy (non-hydrogen) atoms. The molecule has 0 aromatic heterocycles. The lowest BCUT2D eigenvalue weighted by molar-refractivity contribution is -0.108. The fraction of sp³-hybridized carbons (Fsp3) is 0.273. The van der Waals surface area contributed by atoms with Gasteiger partial charge in [-0.25, -0.2) is 0 Å². The van der Waals surface area contributed by atoms with Gasteiger partial charge in [-0.15, -0.1) is 11.6 Å². The first-order valence-corrected chi connectivity index (χ1v) is 4.85. The summed E-state index contributed by atoms with van der Waals surface area (Å²) in [4.78, 5) is 21.2. The number of rotatable bonds is 4. The van der Waals surface area contributed by atoms with Crippen LogP contribution in [0.25, 0.3) is 0 Å². The highest BCUT2D eigenvalue weighted by Gasteiger charge is 2.07. The van der Waals surface area contributed by atoms with E-state index in [2.05, 4.69) is 0 Å². The van der Waals surface area contributed by atoms with Crippen LogP contribution in [0.15, 0.2) is 18.2 Å². The van der Waals surface area contributed by atoms with Crippen LogP contribution in [0, 0.1) is 0 Å². The van der Waals surface area contributed by atoms with Crippen LogP contribution >= 0.6 is 11.6 Å². The molecule has 2 nitrogen and oxygen atoms in total. The molecule has 1 rings (SSSR count). The molecule has 0 radical (unpaired) electrons. The second-order valence-electron chi connectivity index (χ2n) is 3.13. The number of alkyl halides is 1. The Balaban J connectivity index is 3.13. The van der Waals surface area contributed by atoms with E-state index in [9.17, 15) is 9.59 Å². The fourth-order valence-corrected chi connectivity index (χ4v) is 1.45. The summed E-state index contributed by atoms with van der Waals surface area (Å²) in [6, 6.07) is 5.32. The molecule has 3 heteroatoms. The van der Waals surface area contributed by atoms with Crippen LogP contribution in [0.3, 0.4) is 0 Å². The average Bonchev–Trinajstić information content (AvgIpc) is 2.26. The molecule has 0 saturated heterocycles. The molecule has 0 aliphatic carbocycles. The van der Waals surface area contributed by atoms with Crippen LogP contribution in [0.4, 0.5) is 0 Å². The Labute approximate surface area is 87.9 Å². The Kier molecular flexibility index (Phi) is 3.84. The first-order chi connectivity index (χ1) is 6.72. The predicted molar refractivity (Wildman–Crippen MR) is 55.9 cm³/mol. The van der Waals surface area contributed by atoms with Gasteiger partial charge < -0.3 is 4.79 Å². The van der Waals surface area contributed by atoms with Crippen molar-refractivity contribution in [1.82, 2.24) is 0 Å². The van der Waals surface area contributed by atoms with Crippen molar-refractivity contribution in [1.29, 1.82) is 0 Å². The summed E-state index contributed by atoms with van der Waals surface area (Å²) < 4.78 is 0. The second kappa shape index (κ2) is 4.91. The number of benzene rings is 1. The molecule has 0 bridgehead atoms. The van der Waals surface area contributed by atoms with E-state index >= 15 is 0 Å². The molecular weight excluding hydrogens is 200 g/mol. The molecule has 74 valence electrons. The summed E-state index contributed by atoms with van der Waals surface area (Å²) in [5.74, 6) is 0.127. The Hall–Kier alpha value is -1.15. The molecule has 0 fully saturated rings. The van der Waals surface area contributed by atoms with E-state index in [4.69, 9.17) is 11.6 Å². The molecule has 1 unspecified atom stereocenters. The minimum atomic E-state index is -0.182. The fourth-order valence-electron chi connectivity index (χ4n) is 1.21. The second-order valence-corrected chi connectivity index (χ2v) is 3.40. The normalized spacial score (nSPS) is 12.1. The van der Waals surface area contributed by atoms with Gasteiger partial charge in [-0.3, -0.25) is 4.79 Å². The van der Waals surface area contributed by atoms with E-state index in [1.807, 2.05) is 6.07 Å². The zero-order chi connectivity index (χ0) is 10.6. The maximum absolute atomic E-state index is 10.7. The van der Waals surface area contributed by atoms with Gasteiger partial charge in [-0.2, -0.15) is 0 Å². The smallest absolute Gasteiger partial charge is 0.150 e. The maximum atomic E-state index is 10.7. The Morgan fingerprint density at radius 1 is 1.43 bits per heavy atom. The third-order valence-electron chi connectivity index (χ3n) is 2.17. The molecule has 0 spiro atoms. The molecule has 1 atom stereocenters. The minimum Gasteiger partial charge on any atom is -0.303 e. The predicted octanol–water partition coefficient (Wildman–Crippen LogP) is 2.54. The van der Waals surface area contributed by atoms with Crippen LogP contribution in [-0.2, 0) is 10.7 Å². The van der Waals surface area contributed by atoms with Gasteiger partial charge >= 0.3 is 0 Å². The lowest BCUT2D eigenvalue weighted by atomic mass is 9.98. The van der Waals surface area contributed by atoms with Gasteiger partial charge in [0.1, 0.15) is 12.6 Å². The summed E-state index contributed by atoms with van der Waals surface area (Å²) in [6.45, 7) is 1.79. The highest BCUT2D eigenvalue weighted by Crippen LogP contribution is 2.18. The van der Waals surface area contributed by atoms with Crippen LogP contribution in [0.5, 0.6) is 0 Å². The molecule has 0 N–H and O–H groups in total. The van der Waals surface area contributed by atoms with Gasteiger partial charge in [0.2, 0.25) is 0 Å². The molecule has 0 heterocycles. The van der Waals surface area contributed by atoms with Gasteiger partial charge in [0, 0.05) is 17.4 Å². The van der Waals surface area contributed by atoms with Crippen LogP contribution in [0.1, 0.15) is 34.3 Å². The SMILES string of the molecule is CC(C=O)c1ccc(CCl)c(C=O)c1. The van der Waals surface area contributed by atoms with Crippen molar-refractivity contribution in [2.45, 2.75) is 18.7 Å². The van der Waals surface area contributed by atoms with Crippen molar-refractivity contribution in [3.05, 3.63) is 34.9 Å². The highest BCUT2D eigenvalue weighted by atomic mass is 35.5. The number of hydrogen-bond donors (Lipinski definition) is 0. The summed E-state index contributed by atoms with van der Waals surface area (Å²) in [5, 5.41) is 0. The molecule has 0 saturated carbocycles. The van der Waals surface area contributed by atoms with Crippen molar-refractivity contribution in [2.24, 2.45) is 0 Å². The number of halogens is 1. The zero-order valence-corrected chi connectivity index (χ0v) is 8.62. The summed E-state index contributed by atoms with van der Waals surface area (Å²) in [6.07, 6.45) is 1.61. The van der Waals surface area contributed by atoms with E-state index in [-0.39, 0.29) is 5.92 Å². The van der Waals surface area contributed by atoms with E-state index in [0.29, 0.717) is 11.4 Å². The lowest BCUT2D eigenvalue weighted by Crippen LogP contribution is -1.98. The molecule has 1 aromatic rings. The summed E-state index contributed by atoms with van der Waals surface area (Å²) in [7, 11) is 0. The van der Waals surface area contributed by atoms with Gasteiger partial charge in [0.25, 0.3) is 0 Å². The largest absolute Gasteiger partial charge is 0.303 e. The monoisotopic (exact) mass is 210 g/mol. The van der Waals surface area contributed by atoms with Gasteiger partial charge in [0.05, 0.1) is 0 Å². The van der Waals surface area contributed by atoms with E-state index in [0.717, 1.165) is 23.7 Å². The Bertz CT molecular complexity index is 347. The van der Waals surface area contributed by atoms with E-state index in [1.165, 1.54) is 0 Å². The quantitative estimate of drug-likeness (QED) is 0.565. The molecule has 1 aromatic carbocycles. The topological polar surface area (TPSA) is 34.1 Å². The lowest BCUT2D eigenvalue weighted by Gasteiger charge is -2.07. The molecule has 0 aliphatic rings. The van der Waals surface area contributed by atoms with Crippen molar-refractivity contribution >= 4 is 24.2 Å². The summed E-state index contributed by atoms with van der Waals surface area (Å²) in [5.41, 5.74) is 2.20. The van der Waals surface area contributed by atoms with Crippen LogP contribution < -0.4 is 0 Å². The number of carbonyl (C=O) groups excluding carboxylic acids is 2. The van der Waals surface area contributed by atoms with Crippen molar-refractivity contribution in [2.75, 3.05) is 0 Å². The Morgan fingerprint density at radius 2 is 2.14 bits per heavy atom. The van der Waals surface area contributed by atoms with Crippen molar-refractivity contribution in [3.8, 4) is 0 Å². The van der Waals surface area contributed by atoms with Gasteiger partial charge in [-0.05, 0) is 17.2 Å². The van der Waals surface area contributed by atoms with Crippen LogP contribution in [0.2, 0.25) is 0 Å². The van der Waals surface area contributed by atoms with Gasteiger partial charge in [0.15, 0.2) is 0 Å². The molecular formula is C11H11ClO2. The standard InChI is InChI=1S/C11H11ClO2/c1-8(6-13)9-2-3-10(5-12)11(4-9)7-14/h2-4,6-8H,5H2,1H3. The number of carbonyl (C=O) groups is 2.